The molecule has 0 amide bonds. The number of likely N-dealkylation sites (tertiary alicyclic amines) is 1. The minimum Gasteiger partial charge on any atom is -0.379 e. The molecule has 2 aliphatic heterocycles. The summed E-state index contributed by atoms with van der Waals surface area (Å²) in [5.74, 6) is 0. The van der Waals surface area contributed by atoms with Gasteiger partial charge >= 0.3 is 0 Å². The van der Waals surface area contributed by atoms with Gasteiger partial charge in [-0.2, -0.15) is 0 Å². The molecule has 2 unspecified atom stereocenters. The quantitative estimate of drug-likeness (QED) is 0.754. The van der Waals surface area contributed by atoms with Crippen molar-refractivity contribution in [3.8, 4) is 0 Å². The number of hydrogen-bond donors (Lipinski definition) is 1. The highest BCUT2D eigenvalue weighted by atomic mass is 16.5. The van der Waals surface area contributed by atoms with Crippen molar-refractivity contribution in [2.24, 2.45) is 0 Å². The van der Waals surface area contributed by atoms with Crippen LogP contribution in [-0.4, -0.2) is 74.9 Å². The standard InChI is InChI=1S/C13H27N3O/c1-12(3-5-14-2)16-6-4-13(11-16)15-7-9-17-10-8-15/h12-14H,3-11H2,1-2H3. The van der Waals surface area contributed by atoms with Gasteiger partial charge < -0.3 is 10.1 Å². The third-order valence-electron chi connectivity index (χ3n) is 4.19. The molecular weight excluding hydrogens is 214 g/mol. The molecule has 0 aliphatic carbocycles. The molecule has 100 valence electrons. The molecule has 0 saturated carbocycles. The number of hydrogen-bond acceptors (Lipinski definition) is 4. The Hall–Kier alpha value is -0.160. The molecule has 0 aromatic carbocycles. The second kappa shape index (κ2) is 6.69. The molecule has 2 heterocycles. The van der Waals surface area contributed by atoms with Gasteiger partial charge in [0.1, 0.15) is 0 Å². The second-order valence-corrected chi connectivity index (χ2v) is 5.33. The van der Waals surface area contributed by atoms with Gasteiger partial charge in [0.25, 0.3) is 0 Å². The predicted octanol–water partition coefficient (Wildman–Crippen LogP) is 0.391. The lowest BCUT2D eigenvalue weighted by atomic mass is 10.2. The molecule has 0 spiro atoms. The summed E-state index contributed by atoms with van der Waals surface area (Å²) in [6, 6.07) is 1.49. The van der Waals surface area contributed by atoms with E-state index in [0.29, 0.717) is 6.04 Å². The molecule has 1 N–H and O–H groups in total. The smallest absolute Gasteiger partial charge is 0.0594 e. The van der Waals surface area contributed by atoms with Gasteiger partial charge in [0.05, 0.1) is 13.2 Å². The van der Waals surface area contributed by atoms with Crippen LogP contribution in [0.3, 0.4) is 0 Å². The van der Waals surface area contributed by atoms with E-state index in [4.69, 9.17) is 4.74 Å². The Balaban J connectivity index is 1.74. The molecule has 0 aromatic rings. The van der Waals surface area contributed by atoms with Gasteiger partial charge in [0, 0.05) is 38.3 Å². The van der Waals surface area contributed by atoms with E-state index in [0.717, 1.165) is 38.9 Å². The third-order valence-corrected chi connectivity index (χ3v) is 4.19. The number of nitrogens with zero attached hydrogens (tertiary/aromatic N) is 2. The Morgan fingerprint density at radius 2 is 2.06 bits per heavy atom. The Morgan fingerprint density at radius 1 is 1.29 bits per heavy atom. The first-order valence-electron chi connectivity index (χ1n) is 7.01. The molecule has 4 nitrogen and oxygen atoms in total. The molecule has 17 heavy (non-hydrogen) atoms. The summed E-state index contributed by atoms with van der Waals surface area (Å²) >= 11 is 0. The molecule has 2 fully saturated rings. The molecule has 0 radical (unpaired) electrons. The zero-order valence-corrected chi connectivity index (χ0v) is 11.3. The van der Waals surface area contributed by atoms with Gasteiger partial charge in [-0.15, -0.1) is 0 Å². The van der Waals surface area contributed by atoms with E-state index in [1.54, 1.807) is 0 Å². The van der Waals surface area contributed by atoms with Crippen LogP contribution in [0.4, 0.5) is 0 Å². The summed E-state index contributed by atoms with van der Waals surface area (Å²) in [5.41, 5.74) is 0. The average molecular weight is 241 g/mol. The first-order valence-corrected chi connectivity index (χ1v) is 7.01. The van der Waals surface area contributed by atoms with Gasteiger partial charge in [-0.1, -0.05) is 0 Å². The lowest BCUT2D eigenvalue weighted by Gasteiger charge is -2.33. The van der Waals surface area contributed by atoms with Crippen LogP contribution < -0.4 is 5.32 Å². The van der Waals surface area contributed by atoms with Gasteiger partial charge in [0.15, 0.2) is 0 Å². The molecule has 0 bridgehead atoms. The fraction of sp³-hybridized carbons (Fsp3) is 1.00. The van der Waals surface area contributed by atoms with Gasteiger partial charge in [-0.25, -0.2) is 0 Å². The van der Waals surface area contributed by atoms with Crippen LogP contribution in [0.1, 0.15) is 19.8 Å². The highest BCUT2D eigenvalue weighted by Gasteiger charge is 2.30. The van der Waals surface area contributed by atoms with Gasteiger partial charge in [-0.05, 0) is 33.4 Å². The number of nitrogens with one attached hydrogen (secondary N) is 1. The van der Waals surface area contributed by atoms with Crippen molar-refractivity contribution < 1.29 is 4.74 Å². The summed E-state index contributed by atoms with van der Waals surface area (Å²) in [4.78, 5) is 5.27. The molecule has 2 atom stereocenters. The van der Waals surface area contributed by atoms with Crippen LogP contribution in [-0.2, 0) is 4.74 Å². The van der Waals surface area contributed by atoms with Crippen molar-refractivity contribution in [1.29, 1.82) is 0 Å². The zero-order valence-electron chi connectivity index (χ0n) is 11.3. The Labute approximate surface area is 105 Å². The van der Waals surface area contributed by atoms with E-state index in [1.165, 1.54) is 25.9 Å². The van der Waals surface area contributed by atoms with Crippen LogP contribution in [0, 0.1) is 0 Å². The largest absolute Gasteiger partial charge is 0.379 e. The fourth-order valence-corrected chi connectivity index (χ4v) is 2.94. The lowest BCUT2D eigenvalue weighted by Crippen LogP contribution is -2.45. The summed E-state index contributed by atoms with van der Waals surface area (Å²) in [7, 11) is 2.03. The van der Waals surface area contributed by atoms with E-state index in [1.807, 2.05) is 7.05 Å². The summed E-state index contributed by atoms with van der Waals surface area (Å²) in [6.07, 6.45) is 2.59. The molecular formula is C13H27N3O. The number of ether oxygens (including phenoxy) is 1. The Morgan fingerprint density at radius 3 is 2.76 bits per heavy atom. The van der Waals surface area contributed by atoms with Crippen molar-refractivity contribution in [1.82, 2.24) is 15.1 Å². The van der Waals surface area contributed by atoms with E-state index in [9.17, 15) is 0 Å². The van der Waals surface area contributed by atoms with Crippen molar-refractivity contribution in [2.75, 3.05) is 53.0 Å². The van der Waals surface area contributed by atoms with Crippen LogP contribution in [0.2, 0.25) is 0 Å². The minimum atomic E-state index is 0.716. The highest BCUT2D eigenvalue weighted by molar-refractivity contribution is 4.86. The number of rotatable bonds is 5. The maximum atomic E-state index is 5.42. The van der Waals surface area contributed by atoms with Crippen molar-refractivity contribution in [2.45, 2.75) is 31.8 Å². The Kier molecular flexibility index (Phi) is 5.22. The van der Waals surface area contributed by atoms with Gasteiger partial charge in [-0.3, -0.25) is 9.80 Å². The third kappa shape index (κ3) is 3.65. The SMILES string of the molecule is CNCCC(C)N1CCC(N2CCOCC2)C1. The topological polar surface area (TPSA) is 27.7 Å². The van der Waals surface area contributed by atoms with Gasteiger partial charge in [0.2, 0.25) is 0 Å². The van der Waals surface area contributed by atoms with Crippen LogP contribution in [0.15, 0.2) is 0 Å². The predicted molar refractivity (Wildman–Crippen MR) is 70.4 cm³/mol. The van der Waals surface area contributed by atoms with E-state index < -0.39 is 0 Å². The zero-order chi connectivity index (χ0) is 12.1. The van der Waals surface area contributed by atoms with Crippen molar-refractivity contribution in [3.63, 3.8) is 0 Å². The monoisotopic (exact) mass is 241 g/mol. The second-order valence-electron chi connectivity index (χ2n) is 5.33. The van der Waals surface area contributed by atoms with Crippen LogP contribution >= 0.6 is 0 Å². The van der Waals surface area contributed by atoms with E-state index >= 15 is 0 Å². The summed E-state index contributed by atoms with van der Waals surface area (Å²) < 4.78 is 5.42. The molecule has 2 rings (SSSR count). The highest BCUT2D eigenvalue weighted by Crippen LogP contribution is 2.19. The average Bonchev–Trinajstić information content (AvgIpc) is 2.86. The molecule has 4 heteroatoms. The summed E-state index contributed by atoms with van der Waals surface area (Å²) in [5, 5.41) is 3.24. The number of morpholine rings is 1. The molecule has 2 saturated heterocycles. The molecule has 2 aliphatic rings. The van der Waals surface area contributed by atoms with Crippen molar-refractivity contribution in [3.05, 3.63) is 0 Å². The minimum absolute atomic E-state index is 0.716. The maximum Gasteiger partial charge on any atom is 0.0594 e. The fourth-order valence-electron chi connectivity index (χ4n) is 2.94. The van der Waals surface area contributed by atoms with Crippen LogP contribution in [0.25, 0.3) is 0 Å². The maximum absolute atomic E-state index is 5.42. The first kappa shape index (κ1) is 13.3. The molecule has 0 aromatic heterocycles. The van der Waals surface area contributed by atoms with Crippen molar-refractivity contribution >= 4 is 0 Å². The van der Waals surface area contributed by atoms with E-state index in [-0.39, 0.29) is 0 Å². The first-order chi connectivity index (χ1) is 8.31. The Bertz CT molecular complexity index is 219. The van der Waals surface area contributed by atoms with E-state index in [2.05, 4.69) is 22.0 Å². The normalized spacial score (nSPS) is 29.6. The van der Waals surface area contributed by atoms with Crippen LogP contribution in [0.5, 0.6) is 0 Å². The summed E-state index contributed by atoms with van der Waals surface area (Å²) in [6.45, 7) is 10.1. The lowest BCUT2D eigenvalue weighted by molar-refractivity contribution is 0.0177.